The van der Waals surface area contributed by atoms with Crippen molar-refractivity contribution in [3.05, 3.63) is 54.1 Å². The maximum absolute atomic E-state index is 12.0. The number of rotatable bonds is 6. The Bertz CT molecular complexity index is 681. The molecule has 0 fully saturated rings. The van der Waals surface area contributed by atoms with Crippen molar-refractivity contribution in [3.8, 4) is 0 Å². The maximum Gasteiger partial charge on any atom is 0.243 e. The number of amides is 2. The molecular weight excluding hydrogens is 290 g/mol. The first-order chi connectivity index (χ1) is 11.1. The largest absolute Gasteiger partial charge is 0.376 e. The van der Waals surface area contributed by atoms with Crippen LogP contribution in [0.4, 0.5) is 17.1 Å². The second-order valence-electron chi connectivity index (χ2n) is 5.17. The van der Waals surface area contributed by atoms with E-state index in [1.807, 2.05) is 36.4 Å². The first kappa shape index (κ1) is 16.5. The molecular formula is C18H21N3O2. The molecule has 0 aliphatic heterocycles. The Morgan fingerprint density at radius 1 is 0.913 bits per heavy atom. The van der Waals surface area contributed by atoms with Crippen molar-refractivity contribution in [3.63, 3.8) is 0 Å². The van der Waals surface area contributed by atoms with E-state index < -0.39 is 0 Å². The molecule has 5 nitrogen and oxygen atoms in total. The molecule has 3 N–H and O–H groups in total. The van der Waals surface area contributed by atoms with Crippen LogP contribution in [0.25, 0.3) is 0 Å². The Morgan fingerprint density at radius 2 is 1.57 bits per heavy atom. The monoisotopic (exact) mass is 311 g/mol. The first-order valence-electron chi connectivity index (χ1n) is 7.57. The van der Waals surface area contributed by atoms with Gasteiger partial charge >= 0.3 is 0 Å². The summed E-state index contributed by atoms with van der Waals surface area (Å²) in [4.78, 5) is 23.0. The average molecular weight is 311 g/mol. The first-order valence-corrected chi connectivity index (χ1v) is 7.57. The fourth-order valence-corrected chi connectivity index (χ4v) is 2.20. The predicted molar refractivity (Wildman–Crippen MR) is 93.7 cm³/mol. The molecule has 5 heteroatoms. The van der Waals surface area contributed by atoms with E-state index in [9.17, 15) is 9.59 Å². The Hall–Kier alpha value is -2.82. The van der Waals surface area contributed by atoms with Crippen molar-refractivity contribution in [1.82, 2.24) is 0 Å². The quantitative estimate of drug-likeness (QED) is 0.767. The molecule has 0 saturated heterocycles. The zero-order valence-corrected chi connectivity index (χ0v) is 13.3. The number of para-hydroxylation sites is 1. The number of anilines is 3. The fraction of sp³-hybridized carbons (Fsp3) is 0.222. The smallest absolute Gasteiger partial charge is 0.243 e. The molecule has 2 rings (SSSR count). The van der Waals surface area contributed by atoms with Gasteiger partial charge in [0, 0.05) is 24.0 Å². The molecule has 2 aromatic rings. The molecule has 2 amide bonds. The molecule has 0 heterocycles. The van der Waals surface area contributed by atoms with Crippen molar-refractivity contribution >= 4 is 28.9 Å². The second-order valence-corrected chi connectivity index (χ2v) is 5.17. The van der Waals surface area contributed by atoms with E-state index in [0.717, 1.165) is 29.0 Å². The summed E-state index contributed by atoms with van der Waals surface area (Å²) in [6.07, 6.45) is 0.870. The molecule has 0 atom stereocenters. The van der Waals surface area contributed by atoms with Gasteiger partial charge in [-0.05, 0) is 42.3 Å². The van der Waals surface area contributed by atoms with E-state index in [2.05, 4.69) is 22.9 Å². The van der Waals surface area contributed by atoms with Crippen molar-refractivity contribution in [2.75, 3.05) is 22.5 Å². The SMILES string of the molecule is CCc1ccccc1NC(=O)CNc1ccc(NC(C)=O)cc1. The van der Waals surface area contributed by atoms with Crippen LogP contribution < -0.4 is 16.0 Å². The summed E-state index contributed by atoms with van der Waals surface area (Å²) in [6, 6.07) is 15.0. The number of carbonyl (C=O) groups is 2. The summed E-state index contributed by atoms with van der Waals surface area (Å²) < 4.78 is 0. The van der Waals surface area contributed by atoms with Gasteiger partial charge in [0.25, 0.3) is 0 Å². The third-order valence-electron chi connectivity index (χ3n) is 3.33. The van der Waals surface area contributed by atoms with Gasteiger partial charge in [0.05, 0.1) is 6.54 Å². The van der Waals surface area contributed by atoms with Gasteiger partial charge < -0.3 is 16.0 Å². The lowest BCUT2D eigenvalue weighted by atomic mass is 10.1. The van der Waals surface area contributed by atoms with Crippen molar-refractivity contribution in [1.29, 1.82) is 0 Å². The summed E-state index contributed by atoms with van der Waals surface area (Å²) in [5.41, 5.74) is 3.51. The Morgan fingerprint density at radius 3 is 2.22 bits per heavy atom. The van der Waals surface area contributed by atoms with E-state index in [1.165, 1.54) is 6.92 Å². The van der Waals surface area contributed by atoms with Crippen LogP contribution in [0.1, 0.15) is 19.4 Å². The second kappa shape index (κ2) is 7.98. The molecule has 0 saturated carbocycles. The summed E-state index contributed by atoms with van der Waals surface area (Å²) in [5, 5.41) is 8.66. The van der Waals surface area contributed by atoms with Crippen LogP contribution in [0.15, 0.2) is 48.5 Å². The lowest BCUT2D eigenvalue weighted by Gasteiger charge is -2.11. The lowest BCUT2D eigenvalue weighted by Crippen LogP contribution is -2.22. The van der Waals surface area contributed by atoms with Gasteiger partial charge in [-0.3, -0.25) is 9.59 Å². The van der Waals surface area contributed by atoms with E-state index in [4.69, 9.17) is 0 Å². The van der Waals surface area contributed by atoms with E-state index in [0.29, 0.717) is 0 Å². The van der Waals surface area contributed by atoms with Crippen molar-refractivity contribution in [2.24, 2.45) is 0 Å². The zero-order chi connectivity index (χ0) is 16.7. The van der Waals surface area contributed by atoms with Crippen LogP contribution in [-0.4, -0.2) is 18.4 Å². The number of benzene rings is 2. The molecule has 0 spiro atoms. The maximum atomic E-state index is 12.0. The third-order valence-corrected chi connectivity index (χ3v) is 3.33. The summed E-state index contributed by atoms with van der Waals surface area (Å²) >= 11 is 0. The van der Waals surface area contributed by atoms with Crippen molar-refractivity contribution < 1.29 is 9.59 Å². The van der Waals surface area contributed by atoms with Crippen LogP contribution >= 0.6 is 0 Å². The van der Waals surface area contributed by atoms with Crippen molar-refractivity contribution in [2.45, 2.75) is 20.3 Å². The topological polar surface area (TPSA) is 70.2 Å². The number of aryl methyl sites for hydroxylation is 1. The van der Waals surface area contributed by atoms with Gasteiger partial charge in [-0.15, -0.1) is 0 Å². The van der Waals surface area contributed by atoms with E-state index in [-0.39, 0.29) is 18.4 Å². The van der Waals surface area contributed by atoms with E-state index in [1.54, 1.807) is 12.1 Å². The van der Waals surface area contributed by atoms with Gasteiger partial charge in [-0.2, -0.15) is 0 Å². The normalized spacial score (nSPS) is 10.0. The number of nitrogens with one attached hydrogen (secondary N) is 3. The highest BCUT2D eigenvalue weighted by Crippen LogP contribution is 2.16. The van der Waals surface area contributed by atoms with Gasteiger partial charge in [0.15, 0.2) is 0 Å². The molecule has 23 heavy (non-hydrogen) atoms. The highest BCUT2D eigenvalue weighted by atomic mass is 16.2. The number of carbonyl (C=O) groups excluding carboxylic acids is 2. The predicted octanol–water partition coefficient (Wildman–Crippen LogP) is 3.26. The summed E-state index contributed by atoms with van der Waals surface area (Å²) in [5.74, 6) is -0.212. The Labute approximate surface area is 136 Å². The molecule has 0 aliphatic rings. The van der Waals surface area contributed by atoms with Crippen LogP contribution in [0, 0.1) is 0 Å². The molecule has 0 bridgehead atoms. The highest BCUT2D eigenvalue weighted by molar-refractivity contribution is 5.94. The van der Waals surface area contributed by atoms with E-state index >= 15 is 0 Å². The molecule has 0 aromatic heterocycles. The average Bonchev–Trinajstić information content (AvgIpc) is 2.54. The molecule has 2 aromatic carbocycles. The van der Waals surface area contributed by atoms with Gasteiger partial charge in [-0.1, -0.05) is 25.1 Å². The Balaban J connectivity index is 1.88. The fourth-order valence-electron chi connectivity index (χ4n) is 2.20. The molecule has 0 unspecified atom stereocenters. The van der Waals surface area contributed by atoms with Gasteiger partial charge in [-0.25, -0.2) is 0 Å². The summed E-state index contributed by atoms with van der Waals surface area (Å²) in [7, 11) is 0. The van der Waals surface area contributed by atoms with Crippen LogP contribution in [0.3, 0.4) is 0 Å². The van der Waals surface area contributed by atoms with Crippen LogP contribution in [0.5, 0.6) is 0 Å². The van der Waals surface area contributed by atoms with Crippen LogP contribution in [-0.2, 0) is 16.0 Å². The standard InChI is InChI=1S/C18H21N3O2/c1-3-14-6-4-5-7-17(14)21-18(23)12-19-15-8-10-16(11-9-15)20-13(2)22/h4-11,19H,3,12H2,1-2H3,(H,20,22)(H,21,23). The molecule has 0 radical (unpaired) electrons. The minimum absolute atomic E-state index is 0.100. The Kier molecular flexibility index (Phi) is 5.74. The minimum atomic E-state index is -0.111. The minimum Gasteiger partial charge on any atom is -0.376 e. The van der Waals surface area contributed by atoms with Gasteiger partial charge in [0.1, 0.15) is 0 Å². The van der Waals surface area contributed by atoms with Gasteiger partial charge in [0.2, 0.25) is 11.8 Å². The molecule has 0 aliphatic carbocycles. The number of hydrogen-bond donors (Lipinski definition) is 3. The molecule has 120 valence electrons. The highest BCUT2D eigenvalue weighted by Gasteiger charge is 2.05. The third kappa shape index (κ3) is 5.14. The van der Waals surface area contributed by atoms with Crippen LogP contribution in [0.2, 0.25) is 0 Å². The summed E-state index contributed by atoms with van der Waals surface area (Å²) in [6.45, 7) is 3.70. The zero-order valence-electron chi connectivity index (χ0n) is 13.3. The lowest BCUT2D eigenvalue weighted by molar-refractivity contribution is -0.115. The number of hydrogen-bond acceptors (Lipinski definition) is 3.